The number of aromatic nitrogens is 1. The van der Waals surface area contributed by atoms with Gasteiger partial charge in [0.2, 0.25) is 5.91 Å². The van der Waals surface area contributed by atoms with Gasteiger partial charge in [0.15, 0.2) is 0 Å². The highest BCUT2D eigenvalue weighted by molar-refractivity contribution is 6.30. The van der Waals surface area contributed by atoms with E-state index in [2.05, 4.69) is 10.3 Å². The molecule has 1 amide bonds. The second kappa shape index (κ2) is 8.82. The Kier molecular flexibility index (Phi) is 6.44. The van der Waals surface area contributed by atoms with Crippen molar-refractivity contribution in [1.29, 1.82) is 0 Å². The highest BCUT2D eigenvalue weighted by Crippen LogP contribution is 2.30. The Morgan fingerprint density at radius 1 is 1.21 bits per heavy atom. The van der Waals surface area contributed by atoms with Crippen molar-refractivity contribution in [3.63, 3.8) is 0 Å². The number of hydrogen-bond acceptors (Lipinski definition) is 3. The number of nitrogens with one attached hydrogen (secondary N) is 1. The summed E-state index contributed by atoms with van der Waals surface area (Å²) in [6.45, 7) is 1.72. The van der Waals surface area contributed by atoms with Gasteiger partial charge in [0.05, 0.1) is 5.56 Å². The minimum atomic E-state index is -4.39. The molecule has 28 heavy (non-hydrogen) atoms. The van der Waals surface area contributed by atoms with E-state index in [0.29, 0.717) is 49.7 Å². The lowest BCUT2D eigenvalue weighted by molar-refractivity contribution is -0.137. The van der Waals surface area contributed by atoms with Crippen molar-refractivity contribution in [2.24, 2.45) is 5.92 Å². The largest absolute Gasteiger partial charge is 0.417 e. The van der Waals surface area contributed by atoms with Gasteiger partial charge in [-0.25, -0.2) is 4.98 Å². The Hall–Kier alpha value is -2.28. The lowest BCUT2D eigenvalue weighted by Gasteiger charge is -2.32. The maximum atomic E-state index is 12.6. The van der Waals surface area contributed by atoms with Gasteiger partial charge in [0, 0.05) is 36.8 Å². The summed E-state index contributed by atoms with van der Waals surface area (Å²) in [5, 5.41) is 3.63. The molecule has 0 radical (unpaired) electrons. The molecule has 1 aromatic heterocycles. The van der Waals surface area contributed by atoms with E-state index in [9.17, 15) is 18.0 Å². The maximum absolute atomic E-state index is 12.6. The van der Waals surface area contributed by atoms with E-state index < -0.39 is 11.7 Å². The summed E-state index contributed by atoms with van der Waals surface area (Å²) < 4.78 is 37.9. The number of amides is 1. The normalized spacial score (nSPS) is 15.5. The smallest absolute Gasteiger partial charge is 0.357 e. The molecule has 0 bridgehead atoms. The summed E-state index contributed by atoms with van der Waals surface area (Å²) in [6.07, 6.45) is -1.54. The van der Waals surface area contributed by atoms with Gasteiger partial charge in [-0.2, -0.15) is 13.2 Å². The average molecular weight is 412 g/mol. The van der Waals surface area contributed by atoms with Gasteiger partial charge >= 0.3 is 6.18 Å². The van der Waals surface area contributed by atoms with Crippen LogP contribution in [0.3, 0.4) is 0 Å². The summed E-state index contributed by atoms with van der Waals surface area (Å²) >= 11 is 5.95. The second-order valence-electron chi connectivity index (χ2n) is 6.84. The van der Waals surface area contributed by atoms with Crippen LogP contribution in [-0.2, 0) is 17.4 Å². The van der Waals surface area contributed by atoms with E-state index >= 15 is 0 Å². The van der Waals surface area contributed by atoms with Gasteiger partial charge in [-0.15, -0.1) is 0 Å². The SMILES string of the molecule is O=C(NCCc1cccc(Cl)c1)C1CCN(c2ccc(C(F)(F)F)cn2)CC1. The third kappa shape index (κ3) is 5.38. The first kappa shape index (κ1) is 20.5. The van der Waals surface area contributed by atoms with Crippen LogP contribution < -0.4 is 10.2 Å². The molecule has 150 valence electrons. The average Bonchev–Trinajstić information content (AvgIpc) is 2.67. The third-order valence-corrected chi connectivity index (χ3v) is 5.10. The van der Waals surface area contributed by atoms with Crippen molar-refractivity contribution < 1.29 is 18.0 Å². The van der Waals surface area contributed by atoms with E-state index in [-0.39, 0.29) is 11.8 Å². The molecule has 2 heterocycles. The fourth-order valence-corrected chi connectivity index (χ4v) is 3.49. The first-order chi connectivity index (χ1) is 13.3. The van der Waals surface area contributed by atoms with E-state index in [4.69, 9.17) is 11.6 Å². The Bertz CT molecular complexity index is 803. The monoisotopic (exact) mass is 411 g/mol. The van der Waals surface area contributed by atoms with Gasteiger partial charge in [-0.3, -0.25) is 4.79 Å². The van der Waals surface area contributed by atoms with Crippen LogP contribution in [0.2, 0.25) is 5.02 Å². The number of pyridine rings is 1. The number of alkyl halides is 3. The molecular weight excluding hydrogens is 391 g/mol. The number of rotatable bonds is 5. The van der Waals surface area contributed by atoms with E-state index in [1.807, 2.05) is 29.2 Å². The van der Waals surface area contributed by atoms with Crippen LogP contribution in [0.4, 0.5) is 19.0 Å². The van der Waals surface area contributed by atoms with E-state index in [0.717, 1.165) is 17.8 Å². The van der Waals surface area contributed by atoms with Gasteiger partial charge in [-0.05, 0) is 49.1 Å². The summed E-state index contributed by atoms with van der Waals surface area (Å²) in [6, 6.07) is 9.95. The van der Waals surface area contributed by atoms with Crippen LogP contribution in [0.5, 0.6) is 0 Å². The number of piperidine rings is 1. The summed E-state index contributed by atoms with van der Waals surface area (Å²) in [5.74, 6) is 0.430. The topological polar surface area (TPSA) is 45.2 Å². The van der Waals surface area contributed by atoms with E-state index in [1.54, 1.807) is 0 Å². The van der Waals surface area contributed by atoms with E-state index in [1.165, 1.54) is 6.07 Å². The van der Waals surface area contributed by atoms with Crippen molar-refractivity contribution in [3.8, 4) is 0 Å². The van der Waals surface area contributed by atoms with Crippen LogP contribution in [0.25, 0.3) is 0 Å². The highest BCUT2D eigenvalue weighted by atomic mass is 35.5. The Morgan fingerprint density at radius 3 is 2.57 bits per heavy atom. The molecule has 4 nitrogen and oxygen atoms in total. The quantitative estimate of drug-likeness (QED) is 0.796. The van der Waals surface area contributed by atoms with Crippen LogP contribution >= 0.6 is 11.6 Å². The zero-order chi connectivity index (χ0) is 20.1. The standard InChI is InChI=1S/C20H21ClF3N3O/c21-17-3-1-2-14(12-17)6-9-25-19(28)15-7-10-27(11-8-15)18-5-4-16(13-26-18)20(22,23)24/h1-5,12-13,15H,6-11H2,(H,25,28). The fourth-order valence-electron chi connectivity index (χ4n) is 3.28. The highest BCUT2D eigenvalue weighted by Gasteiger charge is 2.31. The molecule has 2 aromatic rings. The Balaban J connectivity index is 1.45. The number of hydrogen-bond donors (Lipinski definition) is 1. The molecule has 1 saturated heterocycles. The summed E-state index contributed by atoms with van der Waals surface area (Å²) in [7, 11) is 0. The first-order valence-electron chi connectivity index (χ1n) is 9.13. The minimum absolute atomic E-state index is 0.0158. The predicted molar refractivity (Wildman–Crippen MR) is 102 cm³/mol. The van der Waals surface area contributed by atoms with Crippen LogP contribution in [0.1, 0.15) is 24.0 Å². The van der Waals surface area contributed by atoms with Gasteiger partial charge in [0.1, 0.15) is 5.82 Å². The summed E-state index contributed by atoms with van der Waals surface area (Å²) in [4.78, 5) is 18.2. The number of anilines is 1. The third-order valence-electron chi connectivity index (χ3n) is 4.87. The lowest BCUT2D eigenvalue weighted by Crippen LogP contribution is -2.41. The molecule has 0 unspecified atom stereocenters. The summed E-state index contributed by atoms with van der Waals surface area (Å²) in [5.41, 5.74) is 0.307. The second-order valence-corrected chi connectivity index (χ2v) is 7.27. The maximum Gasteiger partial charge on any atom is 0.417 e. The first-order valence-corrected chi connectivity index (χ1v) is 9.51. The van der Waals surface area contributed by atoms with Crippen molar-refractivity contribution in [1.82, 2.24) is 10.3 Å². The molecule has 1 aliphatic heterocycles. The van der Waals surface area contributed by atoms with Crippen molar-refractivity contribution in [2.45, 2.75) is 25.4 Å². The molecule has 0 spiro atoms. The number of benzene rings is 1. The molecule has 0 saturated carbocycles. The molecular formula is C20H21ClF3N3O. The van der Waals surface area contributed by atoms with Crippen molar-refractivity contribution >= 4 is 23.3 Å². The number of halogens is 4. The zero-order valence-electron chi connectivity index (χ0n) is 15.2. The Labute approximate surface area is 166 Å². The van der Waals surface area contributed by atoms with Gasteiger partial charge in [0.25, 0.3) is 0 Å². The van der Waals surface area contributed by atoms with Crippen LogP contribution in [-0.4, -0.2) is 30.5 Å². The fraction of sp³-hybridized carbons (Fsp3) is 0.400. The number of carbonyl (C=O) groups excluding carboxylic acids is 1. The van der Waals surface area contributed by atoms with Crippen LogP contribution in [0.15, 0.2) is 42.6 Å². The molecule has 0 aliphatic carbocycles. The lowest BCUT2D eigenvalue weighted by atomic mass is 9.95. The molecule has 8 heteroatoms. The van der Waals surface area contributed by atoms with Gasteiger partial charge in [-0.1, -0.05) is 23.7 Å². The zero-order valence-corrected chi connectivity index (χ0v) is 15.9. The molecule has 1 N–H and O–H groups in total. The van der Waals surface area contributed by atoms with Gasteiger partial charge < -0.3 is 10.2 Å². The van der Waals surface area contributed by atoms with Crippen molar-refractivity contribution in [2.75, 3.05) is 24.5 Å². The number of carbonyl (C=O) groups is 1. The van der Waals surface area contributed by atoms with Crippen molar-refractivity contribution in [3.05, 3.63) is 58.7 Å². The molecule has 1 aromatic carbocycles. The molecule has 0 atom stereocenters. The van der Waals surface area contributed by atoms with Crippen LogP contribution in [0, 0.1) is 5.92 Å². The molecule has 3 rings (SSSR count). The predicted octanol–water partition coefficient (Wildman–Crippen LogP) is 4.33. The minimum Gasteiger partial charge on any atom is -0.357 e. The Morgan fingerprint density at radius 2 is 1.96 bits per heavy atom. The molecule has 1 aliphatic rings. The molecule has 1 fully saturated rings. The number of nitrogens with zero attached hydrogens (tertiary/aromatic N) is 2.